The second-order valence-electron chi connectivity index (χ2n) is 6.09. The number of carbonyl (C=O) groups is 2. The molecule has 0 radical (unpaired) electrons. The minimum Gasteiger partial charge on any atom is -0.481 e. The quantitative estimate of drug-likeness (QED) is 0.788. The van der Waals surface area contributed by atoms with Crippen molar-refractivity contribution in [3.63, 3.8) is 0 Å². The molecule has 2 N–H and O–H groups in total. The van der Waals surface area contributed by atoms with E-state index in [0.717, 1.165) is 19.3 Å². The Bertz CT molecular complexity index is 323. The first-order valence-electron chi connectivity index (χ1n) is 7.69. The number of piperidine rings is 1. The van der Waals surface area contributed by atoms with Crippen molar-refractivity contribution in [2.24, 2.45) is 5.92 Å². The molecule has 1 fully saturated rings. The molecule has 0 bridgehead atoms. The fourth-order valence-corrected chi connectivity index (χ4v) is 2.85. The number of likely N-dealkylation sites (tertiary alicyclic amines) is 1. The molecule has 1 rings (SSSR count). The van der Waals surface area contributed by atoms with Gasteiger partial charge < -0.3 is 15.3 Å². The summed E-state index contributed by atoms with van der Waals surface area (Å²) in [7, 11) is 0. The minimum atomic E-state index is -0.753. The summed E-state index contributed by atoms with van der Waals surface area (Å²) in [6.45, 7) is 6.85. The molecule has 0 aromatic rings. The molecule has 1 aliphatic rings. The summed E-state index contributed by atoms with van der Waals surface area (Å²) < 4.78 is 0. The molecule has 0 saturated carbocycles. The first-order valence-corrected chi connectivity index (χ1v) is 7.69. The summed E-state index contributed by atoms with van der Waals surface area (Å²) in [6.07, 6.45) is 5.05. The Morgan fingerprint density at radius 1 is 1.25 bits per heavy atom. The van der Waals surface area contributed by atoms with Crippen LogP contribution in [0, 0.1) is 5.92 Å². The van der Waals surface area contributed by atoms with Gasteiger partial charge in [0.05, 0.1) is 0 Å². The Balaban J connectivity index is 2.26. The van der Waals surface area contributed by atoms with E-state index in [2.05, 4.69) is 19.2 Å². The van der Waals surface area contributed by atoms with Crippen LogP contribution >= 0.6 is 0 Å². The number of carbonyl (C=O) groups excluding carboxylic acids is 1. The topological polar surface area (TPSA) is 69.6 Å². The zero-order valence-electron chi connectivity index (χ0n) is 12.9. The third-order valence-corrected chi connectivity index (χ3v) is 4.19. The number of urea groups is 1. The van der Waals surface area contributed by atoms with Gasteiger partial charge in [-0.2, -0.15) is 0 Å². The van der Waals surface area contributed by atoms with Gasteiger partial charge in [-0.15, -0.1) is 0 Å². The van der Waals surface area contributed by atoms with E-state index in [1.54, 1.807) is 0 Å². The molecule has 0 aromatic heterocycles. The normalized spacial score (nSPS) is 24.2. The lowest BCUT2D eigenvalue weighted by Crippen LogP contribution is -2.52. The average Bonchev–Trinajstić information content (AvgIpc) is 2.36. The second-order valence-corrected chi connectivity index (χ2v) is 6.09. The Morgan fingerprint density at radius 3 is 2.40 bits per heavy atom. The number of hydrogen-bond donors (Lipinski definition) is 2. The number of aliphatic carboxylic acids is 1. The van der Waals surface area contributed by atoms with Gasteiger partial charge in [0.25, 0.3) is 0 Å². The SMILES string of the molecule is CC(CCNC(=O)N1C(C)CCCC1C)CCC(=O)O. The highest BCUT2D eigenvalue weighted by atomic mass is 16.4. The molecule has 0 aliphatic carbocycles. The number of hydrogen-bond acceptors (Lipinski definition) is 2. The maximum atomic E-state index is 12.2. The van der Waals surface area contributed by atoms with Crippen molar-refractivity contribution in [3.05, 3.63) is 0 Å². The van der Waals surface area contributed by atoms with Crippen LogP contribution in [0.2, 0.25) is 0 Å². The van der Waals surface area contributed by atoms with E-state index in [9.17, 15) is 9.59 Å². The molecule has 1 heterocycles. The van der Waals surface area contributed by atoms with Crippen LogP contribution in [0.15, 0.2) is 0 Å². The van der Waals surface area contributed by atoms with Crippen LogP contribution in [0.1, 0.15) is 59.3 Å². The molecule has 3 atom stereocenters. The highest BCUT2D eigenvalue weighted by Gasteiger charge is 2.28. The molecule has 0 aromatic carbocycles. The molecule has 1 aliphatic heterocycles. The van der Waals surface area contributed by atoms with E-state index < -0.39 is 5.97 Å². The van der Waals surface area contributed by atoms with Crippen LogP contribution in [-0.4, -0.2) is 40.6 Å². The molecule has 3 unspecified atom stereocenters. The van der Waals surface area contributed by atoms with Gasteiger partial charge in [0.1, 0.15) is 0 Å². The number of rotatable bonds is 6. The Hall–Kier alpha value is -1.26. The number of amides is 2. The van der Waals surface area contributed by atoms with Gasteiger partial charge in [-0.1, -0.05) is 6.92 Å². The molecule has 116 valence electrons. The van der Waals surface area contributed by atoms with Crippen molar-refractivity contribution in [3.8, 4) is 0 Å². The summed E-state index contributed by atoms with van der Waals surface area (Å²) >= 11 is 0. The zero-order valence-corrected chi connectivity index (χ0v) is 12.9. The smallest absolute Gasteiger partial charge is 0.317 e. The number of carboxylic acids is 1. The Labute approximate surface area is 121 Å². The van der Waals surface area contributed by atoms with Gasteiger partial charge in [-0.25, -0.2) is 4.79 Å². The first kappa shape index (κ1) is 16.8. The summed E-state index contributed by atoms with van der Waals surface area (Å²) in [6, 6.07) is 0.640. The van der Waals surface area contributed by atoms with E-state index in [1.807, 2.05) is 11.8 Å². The maximum absolute atomic E-state index is 12.2. The van der Waals surface area contributed by atoms with Crippen LogP contribution in [0.3, 0.4) is 0 Å². The van der Waals surface area contributed by atoms with Crippen LogP contribution in [-0.2, 0) is 4.79 Å². The van der Waals surface area contributed by atoms with Gasteiger partial charge in [0.15, 0.2) is 0 Å². The lowest BCUT2D eigenvalue weighted by atomic mass is 9.98. The highest BCUT2D eigenvalue weighted by molar-refractivity contribution is 5.75. The maximum Gasteiger partial charge on any atom is 0.317 e. The van der Waals surface area contributed by atoms with Gasteiger partial charge in [0.2, 0.25) is 0 Å². The number of carboxylic acid groups (broad SMARTS) is 1. The van der Waals surface area contributed by atoms with Crippen molar-refractivity contribution >= 4 is 12.0 Å². The number of nitrogens with zero attached hydrogens (tertiary/aromatic N) is 1. The fourth-order valence-electron chi connectivity index (χ4n) is 2.85. The number of nitrogens with one attached hydrogen (secondary N) is 1. The Kier molecular flexibility index (Phi) is 6.82. The van der Waals surface area contributed by atoms with Crippen LogP contribution < -0.4 is 5.32 Å². The molecular weight excluding hydrogens is 256 g/mol. The molecule has 20 heavy (non-hydrogen) atoms. The molecular formula is C15H28N2O3. The molecule has 5 nitrogen and oxygen atoms in total. The summed E-state index contributed by atoms with van der Waals surface area (Å²) in [5, 5.41) is 11.6. The molecule has 0 spiro atoms. The average molecular weight is 284 g/mol. The van der Waals surface area contributed by atoms with Crippen LogP contribution in [0.4, 0.5) is 4.79 Å². The third-order valence-electron chi connectivity index (χ3n) is 4.19. The third kappa shape index (κ3) is 5.39. The predicted octanol–water partition coefficient (Wildman–Crippen LogP) is 2.85. The standard InChI is InChI=1S/C15H28N2O3/c1-11(7-8-14(18)19)9-10-16-15(20)17-12(2)5-4-6-13(17)3/h11-13H,4-10H2,1-3H3,(H,16,20)(H,18,19). The monoisotopic (exact) mass is 284 g/mol. The minimum absolute atomic E-state index is 0.0233. The van der Waals surface area contributed by atoms with Crippen molar-refractivity contribution < 1.29 is 14.7 Å². The van der Waals surface area contributed by atoms with E-state index in [-0.39, 0.29) is 12.5 Å². The second kappa shape index (κ2) is 8.12. The summed E-state index contributed by atoms with van der Waals surface area (Å²) in [5.74, 6) is -0.431. The van der Waals surface area contributed by atoms with Gasteiger partial charge in [-0.05, 0) is 51.9 Å². The van der Waals surface area contributed by atoms with Gasteiger partial charge in [-0.3, -0.25) is 4.79 Å². The van der Waals surface area contributed by atoms with Gasteiger partial charge in [0, 0.05) is 25.0 Å². The van der Waals surface area contributed by atoms with Crippen LogP contribution in [0.25, 0.3) is 0 Å². The zero-order chi connectivity index (χ0) is 15.1. The van der Waals surface area contributed by atoms with E-state index in [0.29, 0.717) is 31.0 Å². The summed E-state index contributed by atoms with van der Waals surface area (Å²) in [4.78, 5) is 24.6. The van der Waals surface area contributed by atoms with Crippen molar-refractivity contribution in [2.45, 2.75) is 71.4 Å². The van der Waals surface area contributed by atoms with E-state index in [4.69, 9.17) is 5.11 Å². The van der Waals surface area contributed by atoms with Crippen LogP contribution in [0.5, 0.6) is 0 Å². The van der Waals surface area contributed by atoms with E-state index in [1.165, 1.54) is 6.42 Å². The largest absolute Gasteiger partial charge is 0.481 e. The highest BCUT2D eigenvalue weighted by Crippen LogP contribution is 2.22. The van der Waals surface area contributed by atoms with Crippen molar-refractivity contribution in [1.29, 1.82) is 0 Å². The first-order chi connectivity index (χ1) is 9.41. The van der Waals surface area contributed by atoms with Crippen molar-refractivity contribution in [2.75, 3.05) is 6.54 Å². The van der Waals surface area contributed by atoms with Gasteiger partial charge >= 0.3 is 12.0 Å². The summed E-state index contributed by atoms with van der Waals surface area (Å²) in [5.41, 5.74) is 0. The molecule has 1 saturated heterocycles. The predicted molar refractivity (Wildman–Crippen MR) is 78.7 cm³/mol. The fraction of sp³-hybridized carbons (Fsp3) is 0.867. The molecule has 5 heteroatoms. The van der Waals surface area contributed by atoms with Crippen molar-refractivity contribution in [1.82, 2.24) is 10.2 Å². The van der Waals surface area contributed by atoms with E-state index >= 15 is 0 Å². The lowest BCUT2D eigenvalue weighted by molar-refractivity contribution is -0.137. The Morgan fingerprint density at radius 2 is 1.85 bits per heavy atom. The lowest BCUT2D eigenvalue weighted by Gasteiger charge is -2.39. The molecule has 2 amide bonds.